The molecule has 0 saturated carbocycles. The summed E-state index contributed by atoms with van der Waals surface area (Å²) >= 11 is 0. The van der Waals surface area contributed by atoms with Gasteiger partial charge in [0.05, 0.1) is 0 Å². The third-order valence-electron chi connectivity index (χ3n) is 8.07. The van der Waals surface area contributed by atoms with Crippen molar-refractivity contribution < 1.29 is 62.1 Å². The van der Waals surface area contributed by atoms with Crippen LogP contribution >= 0.6 is 7.60 Å². The van der Waals surface area contributed by atoms with E-state index in [4.69, 9.17) is 14.5 Å². The van der Waals surface area contributed by atoms with E-state index >= 15 is 0 Å². The number of halogens is 2. The van der Waals surface area contributed by atoms with Crippen molar-refractivity contribution in [2.45, 2.75) is 55.9 Å². The summed E-state index contributed by atoms with van der Waals surface area (Å²) in [5.74, 6) is -5.09. The molecule has 3 amide bonds. The predicted molar refractivity (Wildman–Crippen MR) is 172 cm³/mol. The number of carbonyl (C=O) groups is 5. The van der Waals surface area contributed by atoms with Crippen LogP contribution in [-0.2, 0) is 40.6 Å². The summed E-state index contributed by atoms with van der Waals surface area (Å²) in [6.07, 6.45) is -2.50. The molecule has 0 aromatic heterocycles. The molecule has 3 aromatic rings. The first-order chi connectivity index (χ1) is 23.5. The Labute approximate surface area is 284 Å². The molecular weight excluding hydrogens is 683 g/mol. The maximum Gasteiger partial charge on any atom is 0.407 e. The average molecular weight is 718 g/mol. The quantitative estimate of drug-likeness (QED) is 0.113. The number of alkyl halides is 2. The van der Waals surface area contributed by atoms with Gasteiger partial charge in [-0.3, -0.25) is 23.7 Å². The van der Waals surface area contributed by atoms with Crippen LogP contribution in [0.15, 0.2) is 72.8 Å². The molecular formula is C33H34F2N3O11P. The standard InChI is InChI=1S/C33H34F2N3O11P/c1-18(31(43)44)36-30(42)27(16-19-10-12-20(13-11-19)33(34,35)50(46,47)48)37-29(41)26(14-15-28(39)40)38-32(45)49-17-25-23-8-4-2-6-21(23)22-7-3-5-9-24(22)25/h2-13,18,25-27H,14-17H2,1H3,(H,36,42)(H,37,41)(H,38,45)(H,39,40)(H,43,44)(H2,46,47,48)/t18-,26-,27-/m0/s1. The number of fused-ring (bicyclic) bond motifs is 3. The Bertz CT molecular complexity index is 1770. The molecule has 7 N–H and O–H groups in total. The molecule has 0 aliphatic heterocycles. The molecule has 50 heavy (non-hydrogen) atoms. The molecule has 0 saturated heterocycles. The van der Waals surface area contributed by atoms with E-state index in [1.165, 1.54) is 0 Å². The maximum absolute atomic E-state index is 14.1. The van der Waals surface area contributed by atoms with Crippen molar-refractivity contribution in [2.75, 3.05) is 6.61 Å². The molecule has 1 aliphatic carbocycles. The van der Waals surface area contributed by atoms with Crippen molar-refractivity contribution in [1.82, 2.24) is 16.0 Å². The van der Waals surface area contributed by atoms with Crippen molar-refractivity contribution in [1.29, 1.82) is 0 Å². The Balaban J connectivity index is 1.50. The number of hydrogen-bond donors (Lipinski definition) is 7. The number of amides is 3. The second kappa shape index (κ2) is 15.6. The minimum absolute atomic E-state index is 0.116. The van der Waals surface area contributed by atoms with E-state index in [9.17, 15) is 47.5 Å². The predicted octanol–water partition coefficient (Wildman–Crippen LogP) is 3.30. The number of benzene rings is 3. The second-order valence-corrected chi connectivity index (χ2v) is 13.2. The topological polar surface area (TPSA) is 229 Å². The number of carboxylic acids is 2. The zero-order valence-electron chi connectivity index (χ0n) is 26.4. The molecule has 17 heteroatoms. The SMILES string of the molecule is C[C@H](NC(=O)[C@H](Cc1ccc(C(F)(F)P(=O)(O)O)cc1)NC(=O)[C@H](CCC(=O)O)NC(=O)OCC1c2ccccc2-c2ccccc21)C(=O)O. The van der Waals surface area contributed by atoms with E-state index in [0.29, 0.717) is 0 Å². The third-order valence-corrected chi connectivity index (χ3v) is 9.06. The van der Waals surface area contributed by atoms with Crippen molar-refractivity contribution in [3.05, 3.63) is 95.1 Å². The normalized spacial score (nSPS) is 14.3. The van der Waals surface area contributed by atoms with Crippen molar-refractivity contribution in [3.63, 3.8) is 0 Å². The number of nitrogens with one attached hydrogen (secondary N) is 3. The zero-order chi connectivity index (χ0) is 36.8. The Kier molecular flexibility index (Phi) is 11.7. The molecule has 14 nitrogen and oxygen atoms in total. The van der Waals surface area contributed by atoms with Gasteiger partial charge in [0.25, 0.3) is 0 Å². The summed E-state index contributed by atoms with van der Waals surface area (Å²) in [5.41, 5.74) is -1.61. The first-order valence-electron chi connectivity index (χ1n) is 15.2. The molecule has 0 bridgehead atoms. The second-order valence-electron chi connectivity index (χ2n) is 11.6. The van der Waals surface area contributed by atoms with Gasteiger partial charge in [0, 0.05) is 24.3 Å². The van der Waals surface area contributed by atoms with E-state index in [2.05, 4.69) is 16.0 Å². The van der Waals surface area contributed by atoms with Crippen LogP contribution in [0.5, 0.6) is 0 Å². The third kappa shape index (κ3) is 8.88. The van der Waals surface area contributed by atoms with Gasteiger partial charge in [-0.1, -0.05) is 72.8 Å². The summed E-state index contributed by atoms with van der Waals surface area (Å²) < 4.78 is 45.0. The maximum atomic E-state index is 14.1. The molecule has 0 radical (unpaired) electrons. The number of carboxylic acid groups (broad SMARTS) is 2. The number of rotatable bonds is 15. The highest BCUT2D eigenvalue weighted by atomic mass is 31.2. The lowest BCUT2D eigenvalue weighted by Gasteiger charge is -2.24. The highest BCUT2D eigenvalue weighted by molar-refractivity contribution is 7.52. The molecule has 1 aliphatic rings. The average Bonchev–Trinajstić information content (AvgIpc) is 3.38. The van der Waals surface area contributed by atoms with Crippen LogP contribution in [0.1, 0.15) is 47.9 Å². The lowest BCUT2D eigenvalue weighted by atomic mass is 9.98. The summed E-state index contributed by atoms with van der Waals surface area (Å²) in [4.78, 5) is 80.3. The Morgan fingerprint density at radius 1 is 0.820 bits per heavy atom. The summed E-state index contributed by atoms with van der Waals surface area (Å²) in [7, 11) is -5.87. The van der Waals surface area contributed by atoms with Crippen LogP contribution in [0.3, 0.4) is 0 Å². The summed E-state index contributed by atoms with van der Waals surface area (Å²) in [5, 5.41) is 25.4. The fraction of sp³-hybridized carbons (Fsp3) is 0.303. The number of aliphatic carboxylic acids is 2. The molecule has 266 valence electrons. The van der Waals surface area contributed by atoms with Crippen molar-refractivity contribution in [2.24, 2.45) is 0 Å². The number of carbonyl (C=O) groups excluding carboxylic acids is 3. The Morgan fingerprint density at radius 3 is 1.88 bits per heavy atom. The Hall–Kier alpha value is -5.18. The van der Waals surface area contributed by atoms with Crippen molar-refractivity contribution in [3.8, 4) is 11.1 Å². The molecule has 3 atom stereocenters. The first kappa shape index (κ1) is 37.6. The number of hydrogen-bond acceptors (Lipinski definition) is 7. The van der Waals surface area contributed by atoms with E-state index < -0.39 is 86.1 Å². The highest BCUT2D eigenvalue weighted by Gasteiger charge is 2.50. The van der Waals surface area contributed by atoms with Crippen molar-refractivity contribution >= 4 is 37.4 Å². The van der Waals surface area contributed by atoms with E-state index in [1.54, 1.807) is 0 Å². The first-order valence-corrected chi connectivity index (χ1v) is 16.8. The minimum Gasteiger partial charge on any atom is -0.481 e. The van der Waals surface area contributed by atoms with Gasteiger partial charge in [-0.15, -0.1) is 0 Å². The van der Waals surface area contributed by atoms with Gasteiger partial charge < -0.3 is 40.7 Å². The van der Waals surface area contributed by atoms with Crippen LogP contribution in [0.4, 0.5) is 13.6 Å². The van der Waals surface area contributed by atoms with Crippen LogP contribution in [0.25, 0.3) is 11.1 Å². The molecule has 0 fully saturated rings. The van der Waals surface area contributed by atoms with E-state index in [1.807, 2.05) is 48.5 Å². The van der Waals surface area contributed by atoms with Gasteiger partial charge in [-0.2, -0.15) is 8.78 Å². The lowest BCUT2D eigenvalue weighted by Crippen LogP contribution is -2.56. The van der Waals surface area contributed by atoms with Gasteiger partial charge in [0.2, 0.25) is 11.8 Å². The van der Waals surface area contributed by atoms with E-state index in [-0.39, 0.29) is 18.1 Å². The van der Waals surface area contributed by atoms with Gasteiger partial charge in [-0.05, 0) is 41.2 Å². The molecule has 4 rings (SSSR count). The largest absolute Gasteiger partial charge is 0.481 e. The van der Waals surface area contributed by atoms with Gasteiger partial charge >= 0.3 is 31.3 Å². The Morgan fingerprint density at radius 2 is 1.36 bits per heavy atom. The molecule has 0 spiro atoms. The number of ether oxygens (including phenoxy) is 1. The highest BCUT2D eigenvalue weighted by Crippen LogP contribution is 2.59. The fourth-order valence-electron chi connectivity index (χ4n) is 5.42. The molecule has 0 unspecified atom stereocenters. The number of alkyl carbamates (subject to hydrolysis) is 1. The van der Waals surface area contributed by atoms with Crippen LogP contribution < -0.4 is 16.0 Å². The lowest BCUT2D eigenvalue weighted by molar-refractivity contribution is -0.141. The zero-order valence-corrected chi connectivity index (χ0v) is 27.3. The van der Waals surface area contributed by atoms with E-state index in [0.717, 1.165) is 53.4 Å². The van der Waals surface area contributed by atoms with Gasteiger partial charge in [-0.25, -0.2) is 4.79 Å². The molecule has 0 heterocycles. The minimum atomic E-state index is -5.87. The van der Waals surface area contributed by atoms with Crippen LogP contribution in [-0.4, -0.2) is 74.6 Å². The van der Waals surface area contributed by atoms with Crippen LogP contribution in [0.2, 0.25) is 0 Å². The monoisotopic (exact) mass is 717 g/mol. The summed E-state index contributed by atoms with van der Waals surface area (Å²) in [6.45, 7) is 1.02. The summed E-state index contributed by atoms with van der Waals surface area (Å²) in [6, 6.07) is 14.1. The van der Waals surface area contributed by atoms with Crippen LogP contribution in [0, 0.1) is 0 Å². The fourth-order valence-corrected chi connectivity index (χ4v) is 5.91. The smallest absolute Gasteiger partial charge is 0.407 e. The van der Waals surface area contributed by atoms with Gasteiger partial charge in [0.15, 0.2) is 0 Å². The van der Waals surface area contributed by atoms with Gasteiger partial charge in [0.1, 0.15) is 24.7 Å². The molecule has 3 aromatic carbocycles.